The molecule has 1 aliphatic heterocycles. The zero-order valence-corrected chi connectivity index (χ0v) is 29.5. The van der Waals surface area contributed by atoms with Crippen molar-refractivity contribution in [2.75, 3.05) is 25.6 Å². The topological polar surface area (TPSA) is 29.1 Å². The van der Waals surface area contributed by atoms with Gasteiger partial charge in [-0.25, -0.2) is 0 Å². The summed E-state index contributed by atoms with van der Waals surface area (Å²) in [6.07, 6.45) is 15.0. The minimum Gasteiger partial charge on any atom is -0.494 e. The van der Waals surface area contributed by atoms with E-state index >= 15 is 0 Å². The Morgan fingerprint density at radius 1 is 0.957 bits per heavy atom. The summed E-state index contributed by atoms with van der Waals surface area (Å²) in [5, 5.41) is 2.23. The molecular weight excluding hydrogens is 560 g/mol. The van der Waals surface area contributed by atoms with Gasteiger partial charge >= 0.3 is 0 Å². The number of benzene rings is 3. The first kappa shape index (κ1) is 33.5. The molecule has 5 rings (SSSR count). The molecule has 1 aliphatic carbocycles. The molecule has 0 aromatic heterocycles. The van der Waals surface area contributed by atoms with Crippen LogP contribution in [0.1, 0.15) is 90.3 Å². The molecule has 2 aliphatic rings. The molecule has 3 aromatic rings. The van der Waals surface area contributed by atoms with Crippen LogP contribution < -0.4 is 15.0 Å². The van der Waals surface area contributed by atoms with E-state index < -0.39 is 0 Å². The van der Waals surface area contributed by atoms with Crippen molar-refractivity contribution in [3.8, 4) is 5.75 Å². The summed E-state index contributed by atoms with van der Waals surface area (Å²) in [6.45, 7) is 14.8. The third-order valence-electron chi connectivity index (χ3n) is 10.0. The van der Waals surface area contributed by atoms with Crippen LogP contribution in [0.15, 0.2) is 114 Å². The van der Waals surface area contributed by atoms with Crippen LogP contribution >= 0.6 is 0 Å². The highest BCUT2D eigenvalue weighted by molar-refractivity contribution is 5.85. The second kappa shape index (κ2) is 14.3. The average molecular weight is 616 g/mol. The van der Waals surface area contributed by atoms with Gasteiger partial charge in [0.1, 0.15) is 11.4 Å². The minimum atomic E-state index is -0.0510. The predicted octanol–water partition coefficient (Wildman–Crippen LogP) is 10.0. The van der Waals surface area contributed by atoms with Crippen molar-refractivity contribution in [3.05, 3.63) is 131 Å². The summed E-state index contributed by atoms with van der Waals surface area (Å²) < 4.78 is 6.04. The molecule has 0 fully saturated rings. The molecular formula is C43H55N2O+. The van der Waals surface area contributed by atoms with E-state index in [0.717, 1.165) is 44.5 Å². The Labute approximate surface area is 278 Å². The Balaban J connectivity index is 1.54. The maximum atomic E-state index is 6.04. The number of nitrogens with two attached hydrogens (primary N) is 1. The Morgan fingerprint density at radius 3 is 2.39 bits per heavy atom. The zero-order valence-electron chi connectivity index (χ0n) is 29.5. The summed E-state index contributed by atoms with van der Waals surface area (Å²) in [5.74, 6) is 1.52. The van der Waals surface area contributed by atoms with Crippen molar-refractivity contribution in [2.24, 2.45) is 5.92 Å². The number of ether oxygens (including phenoxy) is 1. The lowest BCUT2D eigenvalue weighted by Crippen LogP contribution is -2.73. The second-order valence-electron chi connectivity index (χ2n) is 14.5. The highest BCUT2D eigenvalue weighted by Crippen LogP contribution is 2.47. The third kappa shape index (κ3) is 7.10. The lowest BCUT2D eigenvalue weighted by Gasteiger charge is -2.28. The number of allylic oxidation sites excluding steroid dienone is 8. The van der Waals surface area contributed by atoms with Crippen LogP contribution in [0.5, 0.6) is 5.75 Å². The number of rotatable bonds is 11. The van der Waals surface area contributed by atoms with Gasteiger partial charge in [-0.2, -0.15) is 0 Å². The number of likely N-dealkylation sites (N-methyl/N-ethyl adjacent to an activating group) is 1. The van der Waals surface area contributed by atoms with E-state index in [1.165, 1.54) is 50.5 Å². The molecule has 3 heteroatoms. The quantitative estimate of drug-likeness (QED) is 0.172. The third-order valence-corrected chi connectivity index (χ3v) is 10.0. The summed E-state index contributed by atoms with van der Waals surface area (Å²) >= 11 is 0. The van der Waals surface area contributed by atoms with Crippen molar-refractivity contribution in [1.29, 1.82) is 0 Å². The number of hydrogen-bond acceptors (Lipinski definition) is 2. The number of unbranched alkanes of at least 4 members (excludes halogenated alkanes) is 1. The molecule has 242 valence electrons. The van der Waals surface area contributed by atoms with Crippen molar-refractivity contribution < 1.29 is 10.1 Å². The maximum absolute atomic E-state index is 6.04. The largest absolute Gasteiger partial charge is 0.494 e. The smallest absolute Gasteiger partial charge is 0.133 e. The molecule has 0 radical (unpaired) electrons. The van der Waals surface area contributed by atoms with Gasteiger partial charge in [-0.05, 0) is 95.2 Å². The van der Waals surface area contributed by atoms with Gasteiger partial charge in [-0.15, -0.1) is 0 Å². The zero-order chi connectivity index (χ0) is 32.9. The van der Waals surface area contributed by atoms with Crippen LogP contribution in [0.4, 0.5) is 11.4 Å². The molecule has 0 amide bonds. The Bertz CT molecular complexity index is 1630. The molecule has 1 unspecified atom stereocenters. The predicted molar refractivity (Wildman–Crippen MR) is 197 cm³/mol. The molecule has 46 heavy (non-hydrogen) atoms. The van der Waals surface area contributed by atoms with E-state index in [4.69, 9.17) is 4.74 Å². The highest BCUT2D eigenvalue weighted by Gasteiger charge is 2.38. The molecule has 3 aromatic carbocycles. The molecule has 1 heterocycles. The van der Waals surface area contributed by atoms with Gasteiger partial charge in [0, 0.05) is 29.4 Å². The number of fused-ring (bicyclic) bond motifs is 1. The van der Waals surface area contributed by atoms with E-state index in [9.17, 15) is 0 Å². The molecule has 0 bridgehead atoms. The Morgan fingerprint density at radius 2 is 1.67 bits per heavy atom. The number of para-hydroxylation sites is 2. The van der Waals surface area contributed by atoms with Gasteiger partial charge in [0.15, 0.2) is 0 Å². The van der Waals surface area contributed by atoms with E-state index in [0.29, 0.717) is 5.92 Å². The normalized spacial score (nSPS) is 19.8. The van der Waals surface area contributed by atoms with Crippen LogP contribution in [-0.2, 0) is 10.8 Å². The first-order valence-corrected chi connectivity index (χ1v) is 17.3. The van der Waals surface area contributed by atoms with Gasteiger partial charge in [-0.1, -0.05) is 115 Å². The van der Waals surface area contributed by atoms with Crippen LogP contribution in [-0.4, -0.2) is 20.7 Å². The second-order valence-corrected chi connectivity index (χ2v) is 14.5. The van der Waals surface area contributed by atoms with E-state index in [1.54, 1.807) is 0 Å². The molecule has 0 saturated heterocycles. The number of quaternary nitrogens is 1. The van der Waals surface area contributed by atoms with Crippen molar-refractivity contribution in [2.45, 2.75) is 84.5 Å². The maximum Gasteiger partial charge on any atom is 0.133 e. The number of nitrogens with zero attached hydrogens (tertiary/aromatic N) is 1. The van der Waals surface area contributed by atoms with Gasteiger partial charge in [0.2, 0.25) is 0 Å². The lowest BCUT2D eigenvalue weighted by molar-refractivity contribution is -0.540. The fourth-order valence-corrected chi connectivity index (χ4v) is 7.41. The molecule has 1 atom stereocenters. The Hall–Kier alpha value is -3.82. The fourth-order valence-electron chi connectivity index (χ4n) is 7.41. The summed E-state index contributed by atoms with van der Waals surface area (Å²) in [5.41, 5.74) is 12.2. The van der Waals surface area contributed by atoms with E-state index in [1.807, 2.05) is 0 Å². The lowest BCUT2D eigenvalue weighted by atomic mass is 9.77. The van der Waals surface area contributed by atoms with E-state index in [-0.39, 0.29) is 10.8 Å². The molecule has 0 spiro atoms. The fraction of sp³-hybridized carbons (Fsp3) is 0.395. The molecule has 2 N–H and O–H groups in total. The van der Waals surface area contributed by atoms with Crippen LogP contribution in [0.3, 0.4) is 0 Å². The SMILES string of the molecule is CCCCOc1ccc(C2=C(/C=C/CC(C)(C)c3ccccc3[NH2+]C)CC(C)C/C2=C\C=C2\N(C)c3ccccc3C2(C)C)cc1. The van der Waals surface area contributed by atoms with Gasteiger partial charge < -0.3 is 15.0 Å². The van der Waals surface area contributed by atoms with E-state index in [2.05, 4.69) is 163 Å². The highest BCUT2D eigenvalue weighted by atomic mass is 16.5. The van der Waals surface area contributed by atoms with Crippen LogP contribution in [0.25, 0.3) is 5.57 Å². The summed E-state index contributed by atoms with van der Waals surface area (Å²) in [6, 6.07) is 26.5. The van der Waals surface area contributed by atoms with Crippen LogP contribution in [0, 0.1) is 5.92 Å². The van der Waals surface area contributed by atoms with Crippen molar-refractivity contribution in [3.63, 3.8) is 0 Å². The monoisotopic (exact) mass is 615 g/mol. The first-order chi connectivity index (χ1) is 22.1. The van der Waals surface area contributed by atoms with Crippen molar-refractivity contribution in [1.82, 2.24) is 0 Å². The Kier molecular flexibility index (Phi) is 10.4. The van der Waals surface area contributed by atoms with Crippen molar-refractivity contribution >= 4 is 16.9 Å². The molecule has 3 nitrogen and oxygen atoms in total. The van der Waals surface area contributed by atoms with Crippen LogP contribution in [0.2, 0.25) is 0 Å². The number of hydrogen-bond donors (Lipinski definition) is 1. The molecule has 0 saturated carbocycles. The van der Waals surface area contributed by atoms with Gasteiger partial charge in [0.05, 0.1) is 13.7 Å². The summed E-state index contributed by atoms with van der Waals surface area (Å²) in [7, 11) is 4.34. The minimum absolute atomic E-state index is 0.0365. The first-order valence-electron chi connectivity index (χ1n) is 17.3. The van der Waals surface area contributed by atoms with Gasteiger partial charge in [0.25, 0.3) is 0 Å². The van der Waals surface area contributed by atoms with Gasteiger partial charge in [-0.3, -0.25) is 0 Å². The number of anilines is 1. The average Bonchev–Trinajstić information content (AvgIpc) is 3.24. The summed E-state index contributed by atoms with van der Waals surface area (Å²) in [4.78, 5) is 2.37. The standard InChI is InChI=1S/C43H54N2O/c1-9-10-28-46-35-24-21-32(22-25-35)41-33(16-15-27-42(3,4)36-17-11-13-19-38(36)44-7)29-31(2)30-34(41)23-26-40-43(5,6)37-18-12-14-20-39(37)45(40)8/h11-26,31,44H,9-10,27-30H2,1-8H3/p+1/b16-15+,34-23+,40-26+.